The first-order chi connectivity index (χ1) is 13.5. The van der Waals surface area contributed by atoms with Crippen LogP contribution in [0.1, 0.15) is 55.2 Å². The summed E-state index contributed by atoms with van der Waals surface area (Å²) in [5, 5.41) is 21.9. The van der Waals surface area contributed by atoms with Crippen molar-refractivity contribution in [1.29, 1.82) is 0 Å². The lowest BCUT2D eigenvalue weighted by atomic mass is 9.51. The Labute approximate surface area is 167 Å². The molecule has 3 unspecified atom stereocenters. The Morgan fingerprint density at radius 1 is 1.07 bits per heavy atom. The summed E-state index contributed by atoms with van der Waals surface area (Å²) in [6.07, 6.45) is 4.93. The van der Waals surface area contributed by atoms with Gasteiger partial charge in [-0.05, 0) is 72.8 Å². The number of phenolic OH excluding ortho intramolecular Hbond substituents is 1. The molecule has 2 aromatic rings. The molecule has 3 aliphatic rings. The van der Waals surface area contributed by atoms with E-state index in [2.05, 4.69) is 25.1 Å². The van der Waals surface area contributed by atoms with Gasteiger partial charge < -0.3 is 14.9 Å². The van der Waals surface area contributed by atoms with E-state index in [-0.39, 0.29) is 11.5 Å². The maximum atomic E-state index is 12.0. The van der Waals surface area contributed by atoms with E-state index < -0.39 is 5.60 Å². The van der Waals surface area contributed by atoms with E-state index >= 15 is 0 Å². The van der Waals surface area contributed by atoms with Gasteiger partial charge >= 0.3 is 0 Å². The molecule has 0 spiro atoms. The second kappa shape index (κ2) is 6.33. The maximum absolute atomic E-state index is 12.0. The van der Waals surface area contributed by atoms with Crippen molar-refractivity contribution < 1.29 is 14.9 Å². The van der Waals surface area contributed by atoms with Gasteiger partial charge in [-0.1, -0.05) is 43.3 Å². The van der Waals surface area contributed by atoms with Crippen molar-refractivity contribution in [2.75, 3.05) is 7.11 Å². The zero-order chi connectivity index (χ0) is 19.5. The molecule has 28 heavy (non-hydrogen) atoms. The first-order valence-electron chi connectivity index (χ1n) is 10.6. The predicted molar refractivity (Wildman–Crippen MR) is 109 cm³/mol. The third kappa shape index (κ3) is 2.36. The van der Waals surface area contributed by atoms with Crippen LogP contribution in [-0.2, 0) is 16.8 Å². The molecule has 0 bridgehead atoms. The topological polar surface area (TPSA) is 49.7 Å². The van der Waals surface area contributed by atoms with Gasteiger partial charge in [-0.3, -0.25) is 0 Å². The summed E-state index contributed by atoms with van der Waals surface area (Å²) in [6.45, 7) is 2.30. The van der Waals surface area contributed by atoms with E-state index in [4.69, 9.17) is 4.74 Å². The number of hydrogen-bond donors (Lipinski definition) is 2. The van der Waals surface area contributed by atoms with Gasteiger partial charge in [0.25, 0.3) is 0 Å². The van der Waals surface area contributed by atoms with Crippen molar-refractivity contribution in [1.82, 2.24) is 0 Å². The predicted octanol–water partition coefficient (Wildman–Crippen LogP) is 4.76. The quantitative estimate of drug-likeness (QED) is 0.792. The summed E-state index contributed by atoms with van der Waals surface area (Å²) < 4.78 is 6.08. The summed E-state index contributed by atoms with van der Waals surface area (Å²) in [5.74, 6) is 1.70. The fourth-order valence-corrected chi connectivity index (χ4v) is 7.04. The van der Waals surface area contributed by atoms with Gasteiger partial charge in [-0.25, -0.2) is 0 Å². The second-order valence-corrected chi connectivity index (χ2v) is 9.38. The normalized spacial score (nSPS) is 39.1. The van der Waals surface area contributed by atoms with Crippen LogP contribution in [0.25, 0.3) is 0 Å². The molecule has 2 aromatic carbocycles. The molecule has 3 heteroatoms. The fourth-order valence-electron chi connectivity index (χ4n) is 7.04. The Kier molecular flexibility index (Phi) is 4.12. The number of aryl methyl sites for hydroxylation is 1. The number of hydrogen-bond acceptors (Lipinski definition) is 3. The van der Waals surface area contributed by atoms with Crippen molar-refractivity contribution in [2.45, 2.75) is 56.7 Å². The molecule has 2 fully saturated rings. The molecule has 148 valence electrons. The third-order valence-corrected chi connectivity index (χ3v) is 8.37. The monoisotopic (exact) mass is 378 g/mol. The molecule has 3 nitrogen and oxygen atoms in total. The first kappa shape index (κ1) is 18.2. The van der Waals surface area contributed by atoms with Crippen LogP contribution in [0.4, 0.5) is 0 Å². The SMILES string of the molecule is CO[C@H]1C[C@@]2(C)C(CC[C@@]2(O)c2ccccc2)C2CCc3cc(O)ccc3C21. The van der Waals surface area contributed by atoms with Crippen molar-refractivity contribution in [3.8, 4) is 5.75 Å². The lowest BCUT2D eigenvalue weighted by Gasteiger charge is -2.56. The highest BCUT2D eigenvalue weighted by Crippen LogP contribution is 2.67. The molecule has 2 saturated carbocycles. The van der Waals surface area contributed by atoms with Crippen molar-refractivity contribution in [2.24, 2.45) is 17.3 Å². The van der Waals surface area contributed by atoms with Gasteiger partial charge in [0.15, 0.2) is 0 Å². The Morgan fingerprint density at radius 2 is 1.86 bits per heavy atom. The number of phenols is 1. The molecule has 0 amide bonds. The van der Waals surface area contributed by atoms with Gasteiger partial charge in [-0.2, -0.15) is 0 Å². The average molecular weight is 379 g/mol. The van der Waals surface area contributed by atoms with Crippen LogP contribution in [0.15, 0.2) is 48.5 Å². The van der Waals surface area contributed by atoms with E-state index in [0.29, 0.717) is 23.5 Å². The van der Waals surface area contributed by atoms with Gasteiger partial charge in [-0.15, -0.1) is 0 Å². The van der Waals surface area contributed by atoms with Gasteiger partial charge in [0, 0.05) is 18.4 Å². The number of rotatable bonds is 2. The van der Waals surface area contributed by atoms with Crippen molar-refractivity contribution in [3.05, 3.63) is 65.2 Å². The molecule has 3 aliphatic carbocycles. The molecule has 0 aliphatic heterocycles. The molecule has 5 rings (SSSR count). The van der Waals surface area contributed by atoms with E-state index in [1.807, 2.05) is 37.4 Å². The molecular weight excluding hydrogens is 348 g/mol. The third-order valence-electron chi connectivity index (χ3n) is 8.37. The number of ether oxygens (including phenoxy) is 1. The molecule has 6 atom stereocenters. The number of methoxy groups -OCH3 is 1. The van der Waals surface area contributed by atoms with E-state index in [9.17, 15) is 10.2 Å². The Bertz CT molecular complexity index is 879. The Hall–Kier alpha value is -1.84. The van der Waals surface area contributed by atoms with Crippen molar-refractivity contribution in [3.63, 3.8) is 0 Å². The average Bonchev–Trinajstić information content (AvgIpc) is 2.99. The number of aromatic hydroxyl groups is 1. The van der Waals surface area contributed by atoms with Gasteiger partial charge in [0.05, 0.1) is 11.7 Å². The lowest BCUT2D eigenvalue weighted by molar-refractivity contribution is -0.145. The summed E-state index contributed by atoms with van der Waals surface area (Å²) >= 11 is 0. The summed E-state index contributed by atoms with van der Waals surface area (Å²) in [6, 6.07) is 16.1. The highest BCUT2D eigenvalue weighted by Gasteiger charge is 2.64. The smallest absolute Gasteiger partial charge is 0.115 e. The number of aliphatic hydroxyl groups is 1. The van der Waals surface area contributed by atoms with Crippen LogP contribution in [0.5, 0.6) is 5.75 Å². The second-order valence-electron chi connectivity index (χ2n) is 9.38. The summed E-state index contributed by atoms with van der Waals surface area (Å²) in [7, 11) is 1.82. The van der Waals surface area contributed by atoms with Gasteiger partial charge in [0.1, 0.15) is 5.75 Å². The van der Waals surface area contributed by atoms with Crippen LogP contribution in [-0.4, -0.2) is 23.4 Å². The highest BCUT2D eigenvalue weighted by atomic mass is 16.5. The van der Waals surface area contributed by atoms with Crippen LogP contribution < -0.4 is 0 Å². The molecule has 0 radical (unpaired) electrons. The molecule has 0 aromatic heterocycles. The molecular formula is C25H30O3. The zero-order valence-corrected chi connectivity index (χ0v) is 16.8. The summed E-state index contributed by atoms with van der Waals surface area (Å²) in [4.78, 5) is 0. The van der Waals surface area contributed by atoms with Crippen LogP contribution >= 0.6 is 0 Å². The maximum Gasteiger partial charge on any atom is 0.115 e. The minimum atomic E-state index is -0.796. The summed E-state index contributed by atoms with van der Waals surface area (Å²) in [5.41, 5.74) is 2.68. The minimum Gasteiger partial charge on any atom is -0.508 e. The van der Waals surface area contributed by atoms with E-state index in [0.717, 1.165) is 37.7 Å². The van der Waals surface area contributed by atoms with Crippen molar-refractivity contribution >= 4 is 0 Å². The number of fused-ring (bicyclic) bond motifs is 5. The zero-order valence-electron chi connectivity index (χ0n) is 16.8. The van der Waals surface area contributed by atoms with E-state index in [1.54, 1.807) is 0 Å². The van der Waals surface area contributed by atoms with Crippen LogP contribution in [0.2, 0.25) is 0 Å². The fraction of sp³-hybridized carbons (Fsp3) is 0.520. The molecule has 2 N–H and O–H groups in total. The largest absolute Gasteiger partial charge is 0.508 e. The van der Waals surface area contributed by atoms with Crippen LogP contribution in [0.3, 0.4) is 0 Å². The highest BCUT2D eigenvalue weighted by molar-refractivity contribution is 5.41. The van der Waals surface area contributed by atoms with Crippen LogP contribution in [0, 0.1) is 17.3 Å². The van der Waals surface area contributed by atoms with Gasteiger partial charge in [0.2, 0.25) is 0 Å². The lowest BCUT2D eigenvalue weighted by Crippen LogP contribution is -2.54. The Morgan fingerprint density at radius 3 is 2.61 bits per heavy atom. The molecule has 0 heterocycles. The molecule has 0 saturated heterocycles. The number of benzene rings is 2. The first-order valence-corrected chi connectivity index (χ1v) is 10.6. The minimum absolute atomic E-state index is 0.0863. The van der Waals surface area contributed by atoms with E-state index in [1.165, 1.54) is 11.1 Å². The standard InChI is InChI=1S/C25H30O3/c1-24-15-22(28-2)23-19-11-9-18(26)14-16(19)8-10-20(23)21(24)12-13-25(24,27)17-6-4-3-5-7-17/h3-7,9,11,14,20-23,26-27H,8,10,12-13,15H2,1-2H3/t20?,21?,22-,23?,24-,25+/m0/s1. The Balaban J connectivity index is 1.59.